The number of nitrogens with zero attached hydrogens (tertiary/aromatic N) is 2. The van der Waals surface area contributed by atoms with Gasteiger partial charge in [-0.05, 0) is 60.7 Å². The summed E-state index contributed by atoms with van der Waals surface area (Å²) in [5.74, 6) is -0.0991. The highest BCUT2D eigenvalue weighted by molar-refractivity contribution is 7.89. The Balaban J connectivity index is 2.01. The van der Waals surface area contributed by atoms with Crippen LogP contribution >= 0.6 is 11.6 Å². The first-order chi connectivity index (χ1) is 14.0. The van der Waals surface area contributed by atoms with Crippen LogP contribution in [0.4, 0.5) is 0 Å². The number of hydrogen-bond acceptors (Lipinski definition) is 4. The first-order valence-corrected chi connectivity index (χ1v) is 11.6. The Bertz CT molecular complexity index is 953. The van der Waals surface area contributed by atoms with Gasteiger partial charge in [0.1, 0.15) is 0 Å². The molecule has 1 N–H and O–H groups in total. The van der Waals surface area contributed by atoms with Crippen LogP contribution in [0.5, 0.6) is 0 Å². The quantitative estimate of drug-likeness (QED) is 0.688. The van der Waals surface area contributed by atoms with Crippen molar-refractivity contribution >= 4 is 21.6 Å². The summed E-state index contributed by atoms with van der Waals surface area (Å²) in [5.41, 5.74) is 1.34. The maximum absolute atomic E-state index is 13.6. The molecule has 2 aromatic rings. The van der Waals surface area contributed by atoms with Crippen LogP contribution in [0.2, 0.25) is 5.02 Å². The van der Waals surface area contributed by atoms with Gasteiger partial charge >= 0.3 is 0 Å². The molecule has 1 aliphatic carbocycles. The molecule has 5 nitrogen and oxygen atoms in total. The summed E-state index contributed by atoms with van der Waals surface area (Å²) < 4.78 is 28.7. The van der Waals surface area contributed by atoms with Crippen LogP contribution in [-0.2, 0) is 16.6 Å². The monoisotopic (exact) mass is 432 g/mol. The first-order valence-electron chi connectivity index (χ1n) is 9.83. The molecule has 0 aromatic heterocycles. The molecule has 2 aromatic carbocycles. The molecule has 7 heteroatoms. The van der Waals surface area contributed by atoms with Gasteiger partial charge in [-0.2, -0.15) is 9.57 Å². The molecule has 1 aliphatic rings. The number of sulfonamides is 1. The van der Waals surface area contributed by atoms with Gasteiger partial charge in [0.2, 0.25) is 10.0 Å². The summed E-state index contributed by atoms with van der Waals surface area (Å²) in [4.78, 5) is 0.191. The van der Waals surface area contributed by atoms with E-state index < -0.39 is 10.0 Å². The smallest absolute Gasteiger partial charge is 0.243 e. The molecular formula is C22H25ClN2O3S. The second-order valence-electron chi connectivity index (χ2n) is 7.46. The Kier molecular flexibility index (Phi) is 7.31. The van der Waals surface area contributed by atoms with Gasteiger partial charge in [0.15, 0.2) is 0 Å². The van der Waals surface area contributed by atoms with Crippen molar-refractivity contribution in [3.05, 3.63) is 64.7 Å². The van der Waals surface area contributed by atoms with E-state index in [4.69, 9.17) is 16.9 Å². The molecule has 0 heterocycles. The third kappa shape index (κ3) is 5.18. The van der Waals surface area contributed by atoms with E-state index >= 15 is 0 Å². The molecule has 0 spiro atoms. The highest BCUT2D eigenvalue weighted by Gasteiger charge is 2.36. The molecule has 0 bridgehead atoms. The molecule has 0 amide bonds. The predicted molar refractivity (Wildman–Crippen MR) is 113 cm³/mol. The van der Waals surface area contributed by atoms with Crippen molar-refractivity contribution < 1.29 is 13.5 Å². The van der Waals surface area contributed by atoms with Crippen molar-refractivity contribution in [1.82, 2.24) is 4.31 Å². The van der Waals surface area contributed by atoms with Gasteiger partial charge < -0.3 is 5.11 Å². The topological polar surface area (TPSA) is 81.4 Å². The van der Waals surface area contributed by atoms with Crippen molar-refractivity contribution in [2.24, 2.45) is 5.92 Å². The van der Waals surface area contributed by atoms with Crippen molar-refractivity contribution in [3.8, 4) is 6.07 Å². The highest BCUT2D eigenvalue weighted by atomic mass is 35.5. The van der Waals surface area contributed by atoms with Crippen LogP contribution in [0.1, 0.15) is 43.2 Å². The van der Waals surface area contributed by atoms with Gasteiger partial charge in [0.05, 0.1) is 16.5 Å². The van der Waals surface area contributed by atoms with Crippen LogP contribution in [0.25, 0.3) is 0 Å². The Morgan fingerprint density at radius 2 is 1.69 bits per heavy atom. The van der Waals surface area contributed by atoms with Gasteiger partial charge in [-0.1, -0.05) is 43.0 Å². The average molecular weight is 433 g/mol. The molecule has 1 saturated carbocycles. The zero-order chi connectivity index (χ0) is 20.9. The largest absolute Gasteiger partial charge is 0.396 e. The van der Waals surface area contributed by atoms with Crippen LogP contribution in [-0.4, -0.2) is 30.5 Å². The second-order valence-corrected chi connectivity index (χ2v) is 9.79. The van der Waals surface area contributed by atoms with Gasteiger partial charge in [-0.15, -0.1) is 0 Å². The number of aliphatic hydroxyl groups excluding tert-OH is 1. The number of aliphatic hydroxyl groups is 1. The molecule has 2 atom stereocenters. The van der Waals surface area contributed by atoms with E-state index in [-0.39, 0.29) is 30.0 Å². The second kappa shape index (κ2) is 9.73. The van der Waals surface area contributed by atoms with Crippen molar-refractivity contribution in [2.75, 3.05) is 6.61 Å². The Morgan fingerprint density at radius 1 is 1.03 bits per heavy atom. The zero-order valence-electron chi connectivity index (χ0n) is 16.2. The van der Waals surface area contributed by atoms with E-state index in [2.05, 4.69) is 6.07 Å². The summed E-state index contributed by atoms with van der Waals surface area (Å²) in [6.07, 6.45) is 4.49. The van der Waals surface area contributed by atoms with E-state index in [1.54, 1.807) is 36.4 Å². The molecule has 0 aliphatic heterocycles. The molecule has 154 valence electrons. The van der Waals surface area contributed by atoms with Crippen molar-refractivity contribution in [2.45, 2.75) is 49.6 Å². The van der Waals surface area contributed by atoms with E-state index in [0.29, 0.717) is 17.0 Å². The molecule has 0 saturated heterocycles. The van der Waals surface area contributed by atoms with Gasteiger partial charge in [0.25, 0.3) is 0 Å². The number of hydrogen-bond donors (Lipinski definition) is 1. The maximum Gasteiger partial charge on any atom is 0.243 e. The molecular weight excluding hydrogens is 408 g/mol. The maximum atomic E-state index is 13.6. The molecule has 1 fully saturated rings. The fourth-order valence-corrected chi connectivity index (χ4v) is 5.77. The fourth-order valence-electron chi connectivity index (χ4n) is 3.94. The molecule has 29 heavy (non-hydrogen) atoms. The van der Waals surface area contributed by atoms with Gasteiger partial charge in [0, 0.05) is 24.2 Å². The Labute approximate surface area is 177 Å². The highest BCUT2D eigenvalue weighted by Crippen LogP contribution is 2.32. The number of halogens is 1. The molecule has 0 radical (unpaired) electrons. The van der Waals surface area contributed by atoms with E-state index in [1.165, 1.54) is 16.4 Å². The van der Waals surface area contributed by atoms with Crippen LogP contribution in [0.3, 0.4) is 0 Å². The van der Waals surface area contributed by atoms with E-state index in [1.807, 2.05) is 0 Å². The van der Waals surface area contributed by atoms with Gasteiger partial charge in [-0.3, -0.25) is 0 Å². The minimum absolute atomic E-state index is 0.0370. The SMILES string of the molecule is N#Cc1ccc(CN([C@@H]2CCCCC[C@H]2CO)S(=O)(=O)c2ccc(Cl)cc2)cc1. The van der Waals surface area contributed by atoms with Crippen LogP contribution in [0.15, 0.2) is 53.4 Å². The lowest BCUT2D eigenvalue weighted by molar-refractivity contribution is 0.139. The van der Waals surface area contributed by atoms with Crippen LogP contribution < -0.4 is 0 Å². The van der Waals surface area contributed by atoms with Crippen molar-refractivity contribution in [3.63, 3.8) is 0 Å². The third-order valence-electron chi connectivity index (χ3n) is 5.57. The lowest BCUT2D eigenvalue weighted by Crippen LogP contribution is -2.44. The summed E-state index contributed by atoms with van der Waals surface area (Å²) in [6.45, 7) is 0.155. The standard InChI is InChI=1S/C22H25ClN2O3S/c23-20-10-12-21(13-11-20)29(27,28)25(15-18-8-6-17(14-24)7-9-18)22-5-3-1-2-4-19(22)16-26/h6-13,19,22,26H,1-5,15-16H2/t19-,22+/m0/s1. The summed E-state index contributed by atoms with van der Waals surface area (Å²) in [7, 11) is -3.79. The average Bonchev–Trinajstić information content (AvgIpc) is 2.98. The van der Waals surface area contributed by atoms with E-state index in [9.17, 15) is 13.5 Å². The number of nitriles is 1. The minimum Gasteiger partial charge on any atom is -0.396 e. The number of benzene rings is 2. The summed E-state index contributed by atoms with van der Waals surface area (Å²) >= 11 is 5.95. The predicted octanol–water partition coefficient (Wildman–Crippen LogP) is 4.34. The lowest BCUT2D eigenvalue weighted by Gasteiger charge is -2.35. The Morgan fingerprint density at radius 3 is 2.31 bits per heavy atom. The normalized spacial score (nSPS) is 20.2. The van der Waals surface area contributed by atoms with E-state index in [0.717, 1.165) is 31.2 Å². The summed E-state index contributed by atoms with van der Waals surface area (Å²) in [6, 6.07) is 15.0. The van der Waals surface area contributed by atoms with Gasteiger partial charge in [-0.25, -0.2) is 8.42 Å². The lowest BCUT2D eigenvalue weighted by atomic mass is 9.95. The molecule has 3 rings (SSSR count). The van der Waals surface area contributed by atoms with Crippen molar-refractivity contribution in [1.29, 1.82) is 5.26 Å². The number of rotatable bonds is 6. The minimum atomic E-state index is -3.79. The zero-order valence-corrected chi connectivity index (χ0v) is 17.7. The molecule has 0 unspecified atom stereocenters. The van der Waals surface area contributed by atoms with Crippen LogP contribution in [0, 0.1) is 17.2 Å². The fraction of sp³-hybridized carbons (Fsp3) is 0.409. The summed E-state index contributed by atoms with van der Waals surface area (Å²) in [5, 5.41) is 19.5. The Hall–Kier alpha value is -1.91. The first kappa shape index (κ1) is 21.8. The third-order valence-corrected chi connectivity index (χ3v) is 7.70.